The third kappa shape index (κ3) is 8.06. The fraction of sp³-hybridized carbons (Fsp3) is 0.692. The van der Waals surface area contributed by atoms with Crippen LogP contribution < -0.4 is 20.1 Å². The average molecular weight is 873 g/mol. The lowest BCUT2D eigenvalue weighted by molar-refractivity contribution is -0.143. The number of hydrogen-bond acceptors (Lipinski definition) is 10. The first kappa shape index (κ1) is 42.3. The van der Waals surface area contributed by atoms with Crippen LogP contribution in [0.4, 0.5) is 31.1 Å². The number of nitrogens with one attached hydrogen (secondary N) is 3. The Labute approximate surface area is 341 Å². The number of alkyl halides is 4. The number of benzene rings is 1. The van der Waals surface area contributed by atoms with Gasteiger partial charge in [-0.25, -0.2) is 40.7 Å². The largest absolute Gasteiger partial charge is 0.471 e. The Morgan fingerprint density at radius 3 is 2.28 bits per heavy atom. The van der Waals surface area contributed by atoms with Gasteiger partial charge in [-0.15, -0.1) is 0 Å². The first-order valence-electron chi connectivity index (χ1n) is 20.2. The summed E-state index contributed by atoms with van der Waals surface area (Å²) in [7, 11) is -4.24. The molecule has 2 aliphatic heterocycles. The van der Waals surface area contributed by atoms with Gasteiger partial charge in [0.05, 0.1) is 28.7 Å². The first-order chi connectivity index (χ1) is 28.1. The summed E-state index contributed by atoms with van der Waals surface area (Å²) in [5.74, 6) is -12.0. The highest BCUT2D eigenvalue weighted by Crippen LogP contribution is 2.58. The summed E-state index contributed by atoms with van der Waals surface area (Å²) in [5.41, 5.74) is -5.16. The molecule has 2 bridgehead atoms. The van der Waals surface area contributed by atoms with E-state index in [1.165, 1.54) is 0 Å². The Balaban J connectivity index is 1.16. The topological polar surface area (TPSA) is 186 Å². The molecule has 3 heterocycles. The predicted octanol–water partition coefficient (Wildman–Crippen LogP) is 4.84. The van der Waals surface area contributed by atoms with Crippen molar-refractivity contribution in [2.24, 2.45) is 29.1 Å². The molecule has 1 aromatic heterocycles. The van der Waals surface area contributed by atoms with Crippen LogP contribution in [0, 0.1) is 40.7 Å². The minimum absolute atomic E-state index is 0.00626. The van der Waals surface area contributed by atoms with Crippen molar-refractivity contribution in [1.82, 2.24) is 30.2 Å². The Bertz CT molecular complexity index is 2230. The number of aromatic nitrogens is 2. The number of nitrogens with zero attached hydrogens (tertiary/aromatic N) is 3. The summed E-state index contributed by atoms with van der Waals surface area (Å²) >= 11 is 0. The minimum atomic E-state index is -4.24. The van der Waals surface area contributed by atoms with Crippen LogP contribution in [0.3, 0.4) is 0 Å². The molecule has 3 N–H and O–H groups in total. The molecule has 0 radical (unpaired) electrons. The third-order valence-electron chi connectivity index (χ3n) is 12.9. The molecule has 8 rings (SSSR count). The molecule has 4 amide bonds. The van der Waals surface area contributed by atoms with Crippen molar-refractivity contribution in [2.75, 3.05) is 6.54 Å². The molecule has 0 spiro atoms. The molecule has 0 unspecified atom stereocenters. The van der Waals surface area contributed by atoms with Crippen molar-refractivity contribution >= 4 is 44.9 Å². The lowest BCUT2D eigenvalue weighted by Crippen LogP contribution is -2.60. The second kappa shape index (κ2) is 14.9. The van der Waals surface area contributed by atoms with E-state index in [2.05, 4.69) is 20.6 Å². The van der Waals surface area contributed by atoms with Gasteiger partial charge in [0.2, 0.25) is 34.1 Å². The Kier molecular flexibility index (Phi) is 10.5. The first-order valence-corrected chi connectivity index (χ1v) is 21.8. The summed E-state index contributed by atoms with van der Waals surface area (Å²) in [4.78, 5) is 64.9. The van der Waals surface area contributed by atoms with Crippen molar-refractivity contribution in [2.45, 2.75) is 132 Å². The fourth-order valence-electron chi connectivity index (χ4n) is 9.23. The summed E-state index contributed by atoms with van der Waals surface area (Å²) in [6, 6.07) is -1.78. The molecule has 4 saturated carbocycles. The number of amides is 4. The maximum absolute atomic E-state index is 16.3. The summed E-state index contributed by atoms with van der Waals surface area (Å²) in [6.45, 7) is 4.36. The number of fused-ring (bicyclic) bond motifs is 7. The van der Waals surface area contributed by atoms with Crippen LogP contribution in [0.2, 0.25) is 0 Å². The maximum atomic E-state index is 16.3. The summed E-state index contributed by atoms with van der Waals surface area (Å²) in [6.07, 6.45) is -5.11. The fourth-order valence-corrected chi connectivity index (χ4v) is 10.6. The molecule has 21 heteroatoms. The lowest BCUT2D eigenvalue weighted by atomic mass is 9.85. The van der Waals surface area contributed by atoms with E-state index in [9.17, 15) is 45.2 Å². The predicted molar refractivity (Wildman–Crippen MR) is 198 cm³/mol. The van der Waals surface area contributed by atoms with Crippen LogP contribution >= 0.6 is 0 Å². The summed E-state index contributed by atoms with van der Waals surface area (Å²) < 4.78 is 129. The number of ether oxygens (including phenoxy) is 2. The highest BCUT2D eigenvalue weighted by Gasteiger charge is 2.67. The van der Waals surface area contributed by atoms with Crippen LogP contribution in [0.25, 0.3) is 11.0 Å². The average Bonchev–Trinajstić information content (AvgIpc) is 4.09. The van der Waals surface area contributed by atoms with Crippen LogP contribution in [-0.4, -0.2) is 95.2 Å². The van der Waals surface area contributed by atoms with Crippen molar-refractivity contribution in [3.05, 3.63) is 29.5 Å². The van der Waals surface area contributed by atoms with Gasteiger partial charge in [-0.3, -0.25) is 19.1 Å². The normalized spacial score (nSPS) is 33.0. The monoisotopic (exact) mass is 872 g/mol. The molecule has 328 valence electrons. The molecule has 14 nitrogen and oxygen atoms in total. The van der Waals surface area contributed by atoms with Crippen LogP contribution in [0.15, 0.2) is 12.1 Å². The van der Waals surface area contributed by atoms with Gasteiger partial charge in [-0.1, -0.05) is 27.2 Å². The van der Waals surface area contributed by atoms with Gasteiger partial charge in [-0.2, -0.15) is 8.78 Å². The Hall–Kier alpha value is -4.43. The van der Waals surface area contributed by atoms with Crippen LogP contribution in [-0.2, 0) is 35.1 Å². The molecular weight excluding hydrogens is 827 g/mol. The van der Waals surface area contributed by atoms with Crippen molar-refractivity contribution in [3.8, 4) is 5.88 Å². The Morgan fingerprint density at radius 2 is 1.65 bits per heavy atom. The number of sulfonamides is 1. The van der Waals surface area contributed by atoms with E-state index in [1.54, 1.807) is 20.8 Å². The van der Waals surface area contributed by atoms with Gasteiger partial charge >= 0.3 is 6.09 Å². The van der Waals surface area contributed by atoms with E-state index in [-0.39, 0.29) is 36.6 Å². The van der Waals surface area contributed by atoms with Gasteiger partial charge in [0.1, 0.15) is 29.8 Å². The lowest BCUT2D eigenvalue weighted by Gasteiger charge is -2.36. The molecule has 60 heavy (non-hydrogen) atoms. The number of alkyl carbamates (subject to hydrolysis) is 1. The highest BCUT2D eigenvalue weighted by atomic mass is 32.2. The number of rotatable bonds is 6. The van der Waals surface area contributed by atoms with E-state index in [0.717, 1.165) is 11.3 Å². The summed E-state index contributed by atoms with van der Waals surface area (Å²) in [5, 5.41) is 4.04. The van der Waals surface area contributed by atoms with Crippen molar-refractivity contribution in [1.29, 1.82) is 0 Å². The quantitative estimate of drug-likeness (QED) is 0.340. The minimum Gasteiger partial charge on any atom is -0.471 e. The zero-order valence-corrected chi connectivity index (χ0v) is 33.8. The van der Waals surface area contributed by atoms with Gasteiger partial charge in [0.25, 0.3) is 11.8 Å². The van der Waals surface area contributed by atoms with Crippen LogP contribution in [0.1, 0.15) is 90.7 Å². The zero-order chi connectivity index (χ0) is 43.3. The molecule has 5 fully saturated rings. The van der Waals surface area contributed by atoms with E-state index in [4.69, 9.17) is 9.47 Å². The second-order valence-corrected chi connectivity index (χ2v) is 20.3. The smallest absolute Gasteiger partial charge is 0.408 e. The highest BCUT2D eigenvalue weighted by molar-refractivity contribution is 7.91. The second-order valence-electron chi connectivity index (χ2n) is 18.3. The van der Waals surface area contributed by atoms with E-state index in [0.29, 0.717) is 37.3 Å². The molecule has 1 aromatic carbocycles. The molecular formula is C39H46F6N6O8S. The van der Waals surface area contributed by atoms with Gasteiger partial charge < -0.3 is 25.0 Å². The third-order valence-corrected chi connectivity index (χ3v) is 14.7. The van der Waals surface area contributed by atoms with E-state index in [1.807, 2.05) is 4.72 Å². The number of halogens is 6. The molecule has 4 aliphatic carbocycles. The standard InChI is InChI=1S/C39H46F6N6O8S/c1-37(2,3)30-34(53)51-16-18(12-27(51)32(52)49-38(15-22(38)31(42)43)35(54)50-60(56,57)19-7-8-19)58-33-29(46-25-13-23(40)24(41)14-26(25)47-33)39(44,45)9-5-4-6-20-21-10-17(21)11-28(20)59-36(55)48-30/h13-14,17-22,27-28,30-31H,4-12,15-16H2,1-3H3,(H,48,55)(H,49,52)(H,50,54)/t17-,18+,20+,21-,22-,27-,28+,30+,38+/m0/s1. The number of hydrogen-bond donors (Lipinski definition) is 3. The zero-order valence-electron chi connectivity index (χ0n) is 33.0. The maximum Gasteiger partial charge on any atom is 0.408 e. The molecule has 1 saturated heterocycles. The van der Waals surface area contributed by atoms with E-state index >= 15 is 8.78 Å². The Morgan fingerprint density at radius 1 is 0.967 bits per heavy atom. The number of carbonyl (C=O) groups is 4. The SMILES string of the molecule is CC(C)(C)[C@@H]1NC(=O)O[C@@H]2C[C@@H]3C[C@@H]3[C@H]2CCCCC(F)(F)c2nc3cc(F)c(F)cc3nc2O[C@@H]2C[C@@H](C(=O)N[C@]3(C(=O)NS(=O)(=O)C4CC4)C[C@H]3C(F)F)N(C2)C1=O. The van der Waals surface area contributed by atoms with Gasteiger partial charge in [0, 0.05) is 25.0 Å². The van der Waals surface area contributed by atoms with E-state index < -0.39 is 147 Å². The molecule has 9 atom stereocenters. The molecule has 6 aliphatic rings. The van der Waals surface area contributed by atoms with Crippen molar-refractivity contribution < 1.29 is 63.4 Å². The van der Waals surface area contributed by atoms with Crippen molar-refractivity contribution in [3.63, 3.8) is 0 Å². The molecule has 2 aromatic rings. The van der Waals surface area contributed by atoms with Gasteiger partial charge in [-0.05, 0) is 68.1 Å². The van der Waals surface area contributed by atoms with Crippen LogP contribution in [0.5, 0.6) is 5.88 Å². The number of carbonyl (C=O) groups excluding carboxylic acids is 4. The van der Waals surface area contributed by atoms with Gasteiger partial charge in [0.15, 0.2) is 17.3 Å².